The number of urea groups is 1. The Morgan fingerprint density at radius 1 is 1.20 bits per heavy atom. The van der Waals surface area contributed by atoms with Crippen LogP contribution in [0.25, 0.3) is 0 Å². The maximum atomic E-state index is 12.0. The van der Waals surface area contributed by atoms with Crippen molar-refractivity contribution in [2.45, 2.75) is 13.3 Å². The first-order chi connectivity index (χ1) is 9.43. The average Bonchev–Trinajstić information content (AvgIpc) is 2.43. The lowest BCUT2D eigenvalue weighted by Gasteiger charge is -2.33. The maximum Gasteiger partial charge on any atom is 0.324 e. The van der Waals surface area contributed by atoms with E-state index in [0.717, 1.165) is 18.7 Å². The molecule has 1 fully saturated rings. The van der Waals surface area contributed by atoms with E-state index in [-0.39, 0.29) is 11.8 Å². The van der Waals surface area contributed by atoms with Gasteiger partial charge in [0.25, 0.3) is 0 Å². The van der Waals surface area contributed by atoms with Crippen molar-refractivity contribution in [1.82, 2.24) is 4.90 Å². The van der Waals surface area contributed by atoms with Crippen LogP contribution in [-0.4, -0.2) is 45.2 Å². The summed E-state index contributed by atoms with van der Waals surface area (Å²) >= 11 is 0. The summed E-state index contributed by atoms with van der Waals surface area (Å²) in [7, 11) is -1.49. The predicted octanol–water partition coefficient (Wildman–Crippen LogP) is 1.71. The van der Waals surface area contributed by atoms with E-state index in [9.17, 15) is 13.2 Å². The molecule has 20 heavy (non-hydrogen) atoms. The van der Waals surface area contributed by atoms with Crippen LogP contribution in [0.3, 0.4) is 0 Å². The number of hydrogen-bond donors (Lipinski definition) is 1. The minimum Gasteiger partial charge on any atom is -0.327 e. The van der Waals surface area contributed by atoms with E-state index in [1.165, 1.54) is 0 Å². The monoisotopic (exact) mass is 297 g/mol. The molecule has 1 aromatic rings. The molecule has 0 spiro atoms. The summed E-state index contributed by atoms with van der Waals surface area (Å²) in [6.45, 7) is 3.03. The largest absolute Gasteiger partial charge is 0.327 e. The molecule has 110 valence electrons. The first-order valence-corrected chi connectivity index (χ1v) is 8.21. The fraction of sp³-hybridized carbons (Fsp3) is 0.462. The molecule has 0 atom stereocenters. The quantitative estimate of drug-likeness (QED) is 0.919. The molecular weight excluding hydrogens is 278 g/mol. The van der Waals surface area contributed by atoms with E-state index in [4.69, 9.17) is 0 Å². The third-order valence-electron chi connectivity index (χ3n) is 3.27. The Hall–Kier alpha value is -1.76. The molecule has 0 aliphatic carbocycles. The molecule has 1 aromatic carbocycles. The summed E-state index contributed by atoms with van der Waals surface area (Å²) in [5, 5.41) is 0. The Morgan fingerprint density at radius 3 is 2.45 bits per heavy atom. The van der Waals surface area contributed by atoms with Gasteiger partial charge < -0.3 is 4.90 Å². The first-order valence-electron chi connectivity index (χ1n) is 6.56. The molecule has 1 saturated heterocycles. The van der Waals surface area contributed by atoms with Crippen molar-refractivity contribution in [3.05, 3.63) is 24.3 Å². The van der Waals surface area contributed by atoms with Crippen LogP contribution < -0.4 is 9.62 Å². The second-order valence-electron chi connectivity index (χ2n) is 4.76. The number of amides is 2. The normalized spacial score (nSPS) is 16.4. The highest BCUT2D eigenvalue weighted by molar-refractivity contribution is 7.92. The van der Waals surface area contributed by atoms with Crippen LogP contribution in [0.15, 0.2) is 24.3 Å². The molecule has 0 bridgehead atoms. The molecule has 1 aliphatic heterocycles. The molecule has 0 aromatic heterocycles. The van der Waals surface area contributed by atoms with E-state index in [1.807, 2.05) is 0 Å². The van der Waals surface area contributed by atoms with E-state index in [0.29, 0.717) is 12.2 Å². The lowest BCUT2D eigenvalue weighted by Crippen LogP contribution is -2.47. The average molecular weight is 297 g/mol. The lowest BCUT2D eigenvalue weighted by molar-refractivity contribution is 0.207. The van der Waals surface area contributed by atoms with Crippen molar-refractivity contribution in [2.75, 3.05) is 35.5 Å². The summed E-state index contributed by atoms with van der Waals surface area (Å²) in [6.07, 6.45) is 0.923. The third kappa shape index (κ3) is 3.22. The van der Waals surface area contributed by atoms with Crippen LogP contribution in [0.5, 0.6) is 0 Å². The van der Waals surface area contributed by atoms with E-state index < -0.39 is 10.0 Å². The van der Waals surface area contributed by atoms with E-state index in [1.54, 1.807) is 48.0 Å². The second-order valence-corrected chi connectivity index (χ2v) is 6.77. The number of sulfonamides is 1. The number of anilines is 2. The molecule has 0 saturated carbocycles. The number of carbonyl (C=O) groups is 1. The molecule has 6 nitrogen and oxygen atoms in total. The molecule has 7 heteroatoms. The summed E-state index contributed by atoms with van der Waals surface area (Å²) in [5.41, 5.74) is 1.29. The SMILES string of the molecule is CCS(=O)(=O)Nc1ccc(N2CCCN(C)C2=O)cc1. The molecular formula is C13H19N3O3S. The molecule has 2 amide bonds. The molecule has 0 unspecified atom stereocenters. The van der Waals surface area contributed by atoms with Gasteiger partial charge >= 0.3 is 6.03 Å². The Kier molecular flexibility index (Phi) is 4.17. The van der Waals surface area contributed by atoms with Gasteiger partial charge in [-0.1, -0.05) is 0 Å². The van der Waals surface area contributed by atoms with Gasteiger partial charge in [-0.3, -0.25) is 9.62 Å². The molecule has 1 N–H and O–H groups in total. The summed E-state index contributed by atoms with van der Waals surface area (Å²) in [5.74, 6) is 0.0319. The van der Waals surface area contributed by atoms with Crippen LogP contribution in [0, 0.1) is 0 Å². The van der Waals surface area contributed by atoms with Gasteiger partial charge in [-0.05, 0) is 37.6 Å². The van der Waals surface area contributed by atoms with Crippen LogP contribution in [0.4, 0.5) is 16.2 Å². The van der Waals surface area contributed by atoms with Crippen LogP contribution in [-0.2, 0) is 10.0 Å². The lowest BCUT2D eigenvalue weighted by atomic mass is 10.2. The van der Waals surface area contributed by atoms with Gasteiger partial charge in [-0.25, -0.2) is 13.2 Å². The Labute approximate surface area is 119 Å². The molecule has 1 heterocycles. The fourth-order valence-corrected chi connectivity index (χ4v) is 2.70. The number of hydrogen-bond acceptors (Lipinski definition) is 3. The molecule has 2 rings (SSSR count). The zero-order chi connectivity index (χ0) is 14.8. The highest BCUT2D eigenvalue weighted by Crippen LogP contribution is 2.22. The highest BCUT2D eigenvalue weighted by atomic mass is 32.2. The minimum atomic E-state index is -3.27. The zero-order valence-electron chi connectivity index (χ0n) is 11.7. The molecule has 0 radical (unpaired) electrons. The smallest absolute Gasteiger partial charge is 0.324 e. The number of rotatable bonds is 4. The van der Waals surface area contributed by atoms with Gasteiger partial charge in [-0.2, -0.15) is 0 Å². The third-order valence-corrected chi connectivity index (χ3v) is 4.57. The maximum absolute atomic E-state index is 12.0. The van der Waals surface area contributed by atoms with Crippen LogP contribution >= 0.6 is 0 Å². The minimum absolute atomic E-state index is 0.0295. The van der Waals surface area contributed by atoms with Gasteiger partial charge in [0.2, 0.25) is 10.0 Å². The van der Waals surface area contributed by atoms with E-state index >= 15 is 0 Å². The highest BCUT2D eigenvalue weighted by Gasteiger charge is 2.23. The predicted molar refractivity (Wildman–Crippen MR) is 79.5 cm³/mol. The van der Waals surface area contributed by atoms with Crippen molar-refractivity contribution in [3.63, 3.8) is 0 Å². The zero-order valence-corrected chi connectivity index (χ0v) is 12.5. The summed E-state index contributed by atoms with van der Waals surface area (Å²) < 4.78 is 25.4. The van der Waals surface area contributed by atoms with Gasteiger partial charge in [0.1, 0.15) is 0 Å². The van der Waals surface area contributed by atoms with Crippen molar-refractivity contribution in [3.8, 4) is 0 Å². The second kappa shape index (κ2) is 5.70. The number of benzene rings is 1. The fourth-order valence-electron chi connectivity index (χ4n) is 2.06. The Balaban J connectivity index is 2.14. The van der Waals surface area contributed by atoms with Gasteiger partial charge in [-0.15, -0.1) is 0 Å². The topological polar surface area (TPSA) is 69.7 Å². The Morgan fingerprint density at radius 2 is 1.85 bits per heavy atom. The van der Waals surface area contributed by atoms with E-state index in [2.05, 4.69) is 4.72 Å². The van der Waals surface area contributed by atoms with Crippen molar-refractivity contribution < 1.29 is 13.2 Å². The number of carbonyl (C=O) groups excluding carboxylic acids is 1. The van der Waals surface area contributed by atoms with Crippen molar-refractivity contribution in [1.29, 1.82) is 0 Å². The standard InChI is InChI=1S/C13H19N3O3S/c1-3-20(18,19)14-11-5-7-12(8-6-11)16-10-4-9-15(2)13(16)17/h5-8,14H,3-4,9-10H2,1-2H3. The van der Waals surface area contributed by atoms with Crippen molar-refractivity contribution >= 4 is 27.4 Å². The Bertz CT molecular complexity index is 583. The molecule has 1 aliphatic rings. The summed E-state index contributed by atoms with van der Waals surface area (Å²) in [4.78, 5) is 15.4. The summed E-state index contributed by atoms with van der Waals surface area (Å²) in [6, 6.07) is 6.82. The first kappa shape index (κ1) is 14.6. The van der Waals surface area contributed by atoms with Gasteiger partial charge in [0, 0.05) is 31.5 Å². The number of nitrogens with zero attached hydrogens (tertiary/aromatic N) is 2. The number of nitrogens with one attached hydrogen (secondary N) is 1. The van der Waals surface area contributed by atoms with Gasteiger partial charge in [0.15, 0.2) is 0 Å². The van der Waals surface area contributed by atoms with Gasteiger partial charge in [0.05, 0.1) is 5.75 Å². The van der Waals surface area contributed by atoms with Crippen molar-refractivity contribution in [2.24, 2.45) is 0 Å². The van der Waals surface area contributed by atoms with Crippen LogP contribution in [0.1, 0.15) is 13.3 Å². The van der Waals surface area contributed by atoms with Crippen LogP contribution in [0.2, 0.25) is 0 Å².